The van der Waals surface area contributed by atoms with E-state index < -0.39 is 0 Å². The van der Waals surface area contributed by atoms with Crippen LogP contribution < -0.4 is 5.32 Å². The Hall–Kier alpha value is -0.870. The van der Waals surface area contributed by atoms with Gasteiger partial charge in [0.05, 0.1) is 9.98 Å². The van der Waals surface area contributed by atoms with Crippen molar-refractivity contribution in [2.24, 2.45) is 0 Å². The third-order valence-corrected chi connectivity index (χ3v) is 3.17. The molecule has 2 nitrogen and oxygen atoms in total. The van der Waals surface area contributed by atoms with Gasteiger partial charge in [-0.05, 0) is 35.0 Å². The van der Waals surface area contributed by atoms with E-state index in [4.69, 9.17) is 0 Å². The molecule has 0 unspecified atom stereocenters. The molecule has 0 bridgehead atoms. The second-order valence-corrected chi connectivity index (χ2v) is 5.37. The van der Waals surface area contributed by atoms with Crippen molar-refractivity contribution in [2.45, 2.75) is 6.92 Å². The van der Waals surface area contributed by atoms with Gasteiger partial charge < -0.3 is 5.32 Å². The Morgan fingerprint density at radius 2 is 2.00 bits per heavy atom. The van der Waals surface area contributed by atoms with E-state index in [0.29, 0.717) is 0 Å². The molecule has 1 N–H and O–H groups in total. The standard InChI is InChI=1S/C10H9BrN2S/c1-7-2-4-8(5-3-7)13-10-12-6-9(11)14-10/h2-6H,1H3,(H,12,13). The van der Waals surface area contributed by atoms with Gasteiger partial charge >= 0.3 is 0 Å². The molecule has 1 aromatic heterocycles. The van der Waals surface area contributed by atoms with Crippen molar-refractivity contribution < 1.29 is 0 Å². The highest BCUT2D eigenvalue weighted by Crippen LogP contribution is 2.26. The molecule has 0 aliphatic heterocycles. The van der Waals surface area contributed by atoms with Crippen LogP contribution in [0, 0.1) is 6.92 Å². The number of nitrogens with zero attached hydrogens (tertiary/aromatic N) is 1. The van der Waals surface area contributed by atoms with Crippen molar-refractivity contribution >= 4 is 38.1 Å². The number of halogens is 1. The molecule has 0 atom stereocenters. The lowest BCUT2D eigenvalue weighted by Crippen LogP contribution is -1.88. The summed E-state index contributed by atoms with van der Waals surface area (Å²) in [5, 5.41) is 4.13. The van der Waals surface area contributed by atoms with E-state index in [0.717, 1.165) is 14.6 Å². The summed E-state index contributed by atoms with van der Waals surface area (Å²) < 4.78 is 1.03. The number of aromatic nitrogens is 1. The van der Waals surface area contributed by atoms with Gasteiger partial charge in [0, 0.05) is 5.69 Å². The van der Waals surface area contributed by atoms with Gasteiger partial charge in [-0.3, -0.25) is 0 Å². The van der Waals surface area contributed by atoms with Crippen LogP contribution >= 0.6 is 27.3 Å². The van der Waals surface area contributed by atoms with Gasteiger partial charge in [0.15, 0.2) is 5.13 Å². The number of hydrogen-bond donors (Lipinski definition) is 1. The normalized spacial score (nSPS) is 10.1. The largest absolute Gasteiger partial charge is 0.332 e. The summed E-state index contributed by atoms with van der Waals surface area (Å²) in [6.07, 6.45) is 1.79. The number of aryl methyl sites for hydroxylation is 1. The Balaban J connectivity index is 2.15. The van der Waals surface area contributed by atoms with Crippen molar-refractivity contribution in [3.8, 4) is 0 Å². The Bertz CT molecular complexity index is 422. The zero-order valence-corrected chi connectivity index (χ0v) is 10.0. The number of anilines is 2. The van der Waals surface area contributed by atoms with E-state index in [1.54, 1.807) is 17.5 Å². The van der Waals surface area contributed by atoms with Crippen LogP contribution in [0.25, 0.3) is 0 Å². The number of hydrogen-bond acceptors (Lipinski definition) is 3. The molecule has 1 heterocycles. The minimum absolute atomic E-state index is 0.903. The third-order valence-electron chi connectivity index (χ3n) is 1.78. The van der Waals surface area contributed by atoms with E-state index in [-0.39, 0.29) is 0 Å². The molecular weight excluding hydrogens is 260 g/mol. The minimum atomic E-state index is 0.903. The van der Waals surface area contributed by atoms with Crippen LogP contribution in [0.5, 0.6) is 0 Å². The highest BCUT2D eigenvalue weighted by molar-refractivity contribution is 9.11. The summed E-state index contributed by atoms with van der Waals surface area (Å²) >= 11 is 4.95. The molecule has 4 heteroatoms. The van der Waals surface area contributed by atoms with E-state index in [1.807, 2.05) is 12.1 Å². The zero-order valence-electron chi connectivity index (χ0n) is 7.62. The van der Waals surface area contributed by atoms with Crippen LogP contribution in [0.3, 0.4) is 0 Å². The topological polar surface area (TPSA) is 24.9 Å². The predicted octanol–water partition coefficient (Wildman–Crippen LogP) is 3.96. The van der Waals surface area contributed by atoms with Crippen LogP contribution in [0.2, 0.25) is 0 Å². The molecule has 2 rings (SSSR count). The Kier molecular flexibility index (Phi) is 2.84. The fraction of sp³-hybridized carbons (Fsp3) is 0.100. The van der Waals surface area contributed by atoms with Crippen molar-refractivity contribution in [3.63, 3.8) is 0 Å². The van der Waals surface area contributed by atoms with Crippen LogP contribution in [0.15, 0.2) is 34.2 Å². The summed E-state index contributed by atoms with van der Waals surface area (Å²) in [4.78, 5) is 4.19. The van der Waals surface area contributed by atoms with E-state index >= 15 is 0 Å². The molecule has 2 aromatic rings. The quantitative estimate of drug-likeness (QED) is 0.892. The number of rotatable bonds is 2. The molecule has 0 aliphatic rings. The SMILES string of the molecule is Cc1ccc(Nc2ncc(Br)s2)cc1. The summed E-state index contributed by atoms with van der Waals surface area (Å²) in [5.41, 5.74) is 2.33. The van der Waals surface area contributed by atoms with Crippen LogP contribution in [0.1, 0.15) is 5.56 Å². The van der Waals surface area contributed by atoms with Crippen LogP contribution in [-0.4, -0.2) is 4.98 Å². The Morgan fingerprint density at radius 3 is 2.57 bits per heavy atom. The molecule has 0 spiro atoms. The fourth-order valence-electron chi connectivity index (χ4n) is 1.07. The minimum Gasteiger partial charge on any atom is -0.332 e. The first-order valence-electron chi connectivity index (χ1n) is 4.19. The van der Waals surface area contributed by atoms with Gasteiger partial charge in [-0.1, -0.05) is 29.0 Å². The molecule has 0 saturated carbocycles. The second kappa shape index (κ2) is 4.11. The first kappa shape index (κ1) is 9.68. The lowest BCUT2D eigenvalue weighted by molar-refractivity contribution is 1.38. The monoisotopic (exact) mass is 268 g/mol. The summed E-state index contributed by atoms with van der Waals surface area (Å²) in [7, 11) is 0. The van der Waals surface area contributed by atoms with Crippen LogP contribution in [0.4, 0.5) is 10.8 Å². The molecular formula is C10H9BrN2S. The maximum Gasteiger partial charge on any atom is 0.188 e. The highest BCUT2D eigenvalue weighted by Gasteiger charge is 1.98. The molecule has 0 fully saturated rings. The lowest BCUT2D eigenvalue weighted by atomic mass is 10.2. The zero-order chi connectivity index (χ0) is 9.97. The molecule has 0 aliphatic carbocycles. The smallest absolute Gasteiger partial charge is 0.188 e. The third kappa shape index (κ3) is 2.33. The molecule has 72 valence electrons. The van der Waals surface area contributed by atoms with E-state index in [9.17, 15) is 0 Å². The highest BCUT2D eigenvalue weighted by atomic mass is 79.9. The second-order valence-electron chi connectivity index (χ2n) is 2.96. The number of benzene rings is 1. The summed E-state index contributed by atoms with van der Waals surface area (Å²) in [6.45, 7) is 2.07. The summed E-state index contributed by atoms with van der Waals surface area (Å²) in [5.74, 6) is 0. The average Bonchev–Trinajstić information content (AvgIpc) is 2.56. The van der Waals surface area contributed by atoms with Gasteiger partial charge in [-0.2, -0.15) is 0 Å². The maximum absolute atomic E-state index is 4.19. The molecule has 0 saturated heterocycles. The average molecular weight is 269 g/mol. The fourth-order valence-corrected chi connectivity index (χ4v) is 2.20. The van der Waals surface area contributed by atoms with Crippen molar-refractivity contribution in [1.29, 1.82) is 0 Å². The van der Waals surface area contributed by atoms with Gasteiger partial charge in [-0.15, -0.1) is 0 Å². The Labute approximate surface area is 95.1 Å². The molecule has 0 amide bonds. The number of nitrogens with one attached hydrogen (secondary N) is 1. The maximum atomic E-state index is 4.19. The predicted molar refractivity (Wildman–Crippen MR) is 64.3 cm³/mol. The molecule has 0 radical (unpaired) electrons. The summed E-state index contributed by atoms with van der Waals surface area (Å²) in [6, 6.07) is 8.24. The van der Waals surface area contributed by atoms with Crippen LogP contribution in [-0.2, 0) is 0 Å². The first-order chi connectivity index (χ1) is 6.74. The van der Waals surface area contributed by atoms with E-state index in [1.165, 1.54) is 5.56 Å². The van der Waals surface area contributed by atoms with E-state index in [2.05, 4.69) is 45.3 Å². The van der Waals surface area contributed by atoms with Crippen molar-refractivity contribution in [1.82, 2.24) is 4.98 Å². The Morgan fingerprint density at radius 1 is 1.29 bits per heavy atom. The van der Waals surface area contributed by atoms with Gasteiger partial charge in [0.25, 0.3) is 0 Å². The first-order valence-corrected chi connectivity index (χ1v) is 5.80. The lowest BCUT2D eigenvalue weighted by Gasteiger charge is -2.01. The van der Waals surface area contributed by atoms with Gasteiger partial charge in [0.2, 0.25) is 0 Å². The molecule has 14 heavy (non-hydrogen) atoms. The van der Waals surface area contributed by atoms with Crippen molar-refractivity contribution in [2.75, 3.05) is 5.32 Å². The number of thiazole rings is 1. The molecule has 1 aromatic carbocycles. The van der Waals surface area contributed by atoms with Gasteiger partial charge in [0.1, 0.15) is 0 Å². The van der Waals surface area contributed by atoms with Gasteiger partial charge in [-0.25, -0.2) is 4.98 Å². The van der Waals surface area contributed by atoms with Crippen molar-refractivity contribution in [3.05, 3.63) is 39.8 Å².